The van der Waals surface area contributed by atoms with Gasteiger partial charge in [0.25, 0.3) is 0 Å². The van der Waals surface area contributed by atoms with Crippen LogP contribution in [0.5, 0.6) is 0 Å². The number of hydrogen-bond acceptors (Lipinski definition) is 5. The Morgan fingerprint density at radius 3 is 1.12 bits per heavy atom. The van der Waals surface area contributed by atoms with Gasteiger partial charge in [-0.05, 0) is 70.6 Å². The fraction of sp³-hybridized carbons (Fsp3) is 0.873. The van der Waals surface area contributed by atoms with Gasteiger partial charge in [0.2, 0.25) is 5.91 Å². The van der Waals surface area contributed by atoms with E-state index in [2.05, 4.69) is 55.6 Å². The van der Waals surface area contributed by atoms with Gasteiger partial charge in [-0.2, -0.15) is 0 Å². The van der Waals surface area contributed by atoms with E-state index in [9.17, 15) is 19.8 Å². The van der Waals surface area contributed by atoms with Crippen molar-refractivity contribution in [1.29, 1.82) is 0 Å². The Kier molecular flexibility index (Phi) is 57.0. The maximum absolute atomic E-state index is 12.5. The van der Waals surface area contributed by atoms with Crippen LogP contribution in [0, 0.1) is 0 Å². The van der Waals surface area contributed by atoms with Crippen LogP contribution in [0.1, 0.15) is 328 Å². The number of aliphatic hydroxyl groups is 2. The molecule has 0 rings (SSSR count). The van der Waals surface area contributed by atoms with Crippen molar-refractivity contribution in [1.82, 2.24) is 5.32 Å². The van der Waals surface area contributed by atoms with E-state index in [0.29, 0.717) is 25.9 Å². The molecule has 0 heterocycles. The summed E-state index contributed by atoms with van der Waals surface area (Å²) in [7, 11) is 0. The number of nitrogens with one attached hydrogen (secondary N) is 1. The molecule has 0 spiro atoms. The number of hydrogen-bond donors (Lipinski definition) is 3. The third-order valence-corrected chi connectivity index (χ3v) is 14.2. The van der Waals surface area contributed by atoms with Gasteiger partial charge in [0, 0.05) is 12.8 Å². The normalized spacial score (nSPS) is 12.8. The Bertz CT molecular complexity index is 1120. The Labute approximate surface area is 430 Å². The lowest BCUT2D eigenvalue weighted by Crippen LogP contribution is -2.45. The zero-order chi connectivity index (χ0) is 50.0. The highest BCUT2D eigenvalue weighted by Crippen LogP contribution is 2.17. The van der Waals surface area contributed by atoms with Crippen molar-refractivity contribution in [3.05, 3.63) is 36.5 Å². The fourth-order valence-corrected chi connectivity index (χ4v) is 9.47. The molecular formula is C63H119NO5. The summed E-state index contributed by atoms with van der Waals surface area (Å²) in [5, 5.41) is 23.3. The second-order valence-corrected chi connectivity index (χ2v) is 21.0. The molecule has 0 saturated heterocycles. The lowest BCUT2D eigenvalue weighted by atomic mass is 10.0. The van der Waals surface area contributed by atoms with Gasteiger partial charge >= 0.3 is 5.97 Å². The van der Waals surface area contributed by atoms with Gasteiger partial charge < -0.3 is 20.3 Å². The molecule has 3 N–H and O–H groups in total. The van der Waals surface area contributed by atoms with Gasteiger partial charge in [-0.3, -0.25) is 9.59 Å². The van der Waals surface area contributed by atoms with E-state index in [1.807, 2.05) is 0 Å². The molecule has 1 amide bonds. The number of esters is 1. The summed E-state index contributed by atoms with van der Waals surface area (Å²) in [6.07, 6.45) is 73.0. The van der Waals surface area contributed by atoms with Gasteiger partial charge in [-0.25, -0.2) is 0 Å². The standard InChI is InChI=1S/C63H119NO5/c1-3-5-7-9-11-13-15-17-19-25-28-31-35-39-43-47-51-55-61(66)60(59-65)64-62(67)56-52-48-44-40-36-32-29-26-23-21-20-22-24-27-30-34-38-42-46-50-54-58-69-63(68)57-53-49-45-41-37-33-18-16-14-12-10-8-6-4-2/h16,18,34,38,46,50,60-61,65-66H,3-15,17,19-33,35-37,39-45,47-49,51-59H2,1-2H3,(H,64,67)/b18-16-,38-34-,50-46-. The molecule has 0 radical (unpaired) electrons. The minimum absolute atomic E-state index is 0.0379. The van der Waals surface area contributed by atoms with Crippen LogP contribution >= 0.6 is 0 Å². The molecule has 0 aromatic rings. The molecule has 2 unspecified atom stereocenters. The molecule has 0 saturated carbocycles. The van der Waals surface area contributed by atoms with Gasteiger partial charge in [-0.15, -0.1) is 0 Å². The molecule has 2 atom stereocenters. The SMILES string of the molecule is CCCCCCC/C=C\CCCCCCCC(=O)OCC/C=C\C/C=C\CCCCCCCCCCCCCCCCC(=O)NC(CO)C(O)CCCCCCCCCCCCCCCCCCC. The van der Waals surface area contributed by atoms with Gasteiger partial charge in [0.15, 0.2) is 0 Å². The maximum atomic E-state index is 12.5. The van der Waals surface area contributed by atoms with Crippen molar-refractivity contribution in [3.63, 3.8) is 0 Å². The smallest absolute Gasteiger partial charge is 0.305 e. The van der Waals surface area contributed by atoms with Crippen molar-refractivity contribution < 1.29 is 24.5 Å². The van der Waals surface area contributed by atoms with Crippen LogP contribution < -0.4 is 5.32 Å². The molecule has 6 nitrogen and oxygen atoms in total. The largest absolute Gasteiger partial charge is 0.465 e. The predicted molar refractivity (Wildman–Crippen MR) is 301 cm³/mol. The molecule has 0 aliphatic rings. The molecular weight excluding hydrogens is 851 g/mol. The molecule has 69 heavy (non-hydrogen) atoms. The number of aliphatic hydroxyl groups excluding tert-OH is 2. The number of unbranched alkanes of at least 4 members (excludes halogenated alkanes) is 40. The Morgan fingerprint density at radius 1 is 0.406 bits per heavy atom. The van der Waals surface area contributed by atoms with E-state index in [0.717, 1.165) is 51.4 Å². The summed E-state index contributed by atoms with van der Waals surface area (Å²) >= 11 is 0. The first-order valence-corrected chi connectivity index (χ1v) is 30.7. The van der Waals surface area contributed by atoms with Crippen molar-refractivity contribution in [2.24, 2.45) is 0 Å². The lowest BCUT2D eigenvalue weighted by Gasteiger charge is -2.22. The van der Waals surface area contributed by atoms with Crippen LogP contribution in [0.15, 0.2) is 36.5 Å². The molecule has 0 aromatic heterocycles. The van der Waals surface area contributed by atoms with Crippen molar-refractivity contribution in [2.75, 3.05) is 13.2 Å². The highest BCUT2D eigenvalue weighted by molar-refractivity contribution is 5.76. The molecule has 406 valence electrons. The summed E-state index contributed by atoms with van der Waals surface area (Å²) in [5.74, 6) is -0.0815. The number of amides is 1. The monoisotopic (exact) mass is 970 g/mol. The van der Waals surface area contributed by atoms with Crippen molar-refractivity contribution >= 4 is 11.9 Å². The average molecular weight is 971 g/mol. The van der Waals surface area contributed by atoms with Gasteiger partial charge in [-0.1, -0.05) is 281 Å². The van der Waals surface area contributed by atoms with Crippen LogP contribution in [0.3, 0.4) is 0 Å². The summed E-state index contributed by atoms with van der Waals surface area (Å²) in [6.45, 7) is 4.85. The quantitative estimate of drug-likeness (QED) is 0.0321. The topological polar surface area (TPSA) is 95.9 Å². The van der Waals surface area contributed by atoms with E-state index in [1.165, 1.54) is 244 Å². The summed E-state index contributed by atoms with van der Waals surface area (Å²) in [4.78, 5) is 24.5. The highest BCUT2D eigenvalue weighted by atomic mass is 16.5. The predicted octanol–water partition coefficient (Wildman–Crippen LogP) is 19.2. The van der Waals surface area contributed by atoms with Crippen LogP contribution in [0.4, 0.5) is 0 Å². The zero-order valence-electron chi connectivity index (χ0n) is 46.3. The van der Waals surface area contributed by atoms with E-state index < -0.39 is 12.1 Å². The van der Waals surface area contributed by atoms with E-state index in [-0.39, 0.29) is 18.5 Å². The highest BCUT2D eigenvalue weighted by Gasteiger charge is 2.20. The second kappa shape index (κ2) is 58.6. The van der Waals surface area contributed by atoms with Crippen LogP contribution in [-0.4, -0.2) is 47.4 Å². The summed E-state index contributed by atoms with van der Waals surface area (Å²) < 4.78 is 5.41. The summed E-state index contributed by atoms with van der Waals surface area (Å²) in [6, 6.07) is -0.546. The first-order chi connectivity index (χ1) is 34.0. The minimum atomic E-state index is -0.668. The first kappa shape index (κ1) is 67.1. The number of rotatable bonds is 57. The summed E-state index contributed by atoms with van der Waals surface area (Å²) in [5.41, 5.74) is 0. The minimum Gasteiger partial charge on any atom is -0.465 e. The Morgan fingerprint density at radius 2 is 0.725 bits per heavy atom. The third-order valence-electron chi connectivity index (χ3n) is 14.2. The van der Waals surface area contributed by atoms with Crippen molar-refractivity contribution in [2.45, 2.75) is 341 Å². The Balaban J connectivity index is 3.46. The molecule has 0 aromatic carbocycles. The van der Waals surface area contributed by atoms with Crippen LogP contribution in [0.25, 0.3) is 0 Å². The molecule has 6 heteroatoms. The number of allylic oxidation sites excluding steroid dienone is 5. The number of ether oxygens (including phenoxy) is 1. The lowest BCUT2D eigenvalue weighted by molar-refractivity contribution is -0.143. The van der Waals surface area contributed by atoms with Crippen molar-refractivity contribution in [3.8, 4) is 0 Å². The van der Waals surface area contributed by atoms with Crippen LogP contribution in [0.2, 0.25) is 0 Å². The van der Waals surface area contributed by atoms with Crippen LogP contribution in [-0.2, 0) is 14.3 Å². The number of carbonyl (C=O) groups excluding carboxylic acids is 2. The average Bonchev–Trinajstić information content (AvgIpc) is 3.35. The maximum Gasteiger partial charge on any atom is 0.305 e. The van der Waals surface area contributed by atoms with Gasteiger partial charge in [0.05, 0.1) is 25.4 Å². The van der Waals surface area contributed by atoms with E-state index >= 15 is 0 Å². The zero-order valence-corrected chi connectivity index (χ0v) is 46.3. The van der Waals surface area contributed by atoms with E-state index in [1.54, 1.807) is 0 Å². The molecule has 0 bridgehead atoms. The number of carbonyl (C=O) groups is 2. The molecule has 0 aliphatic heterocycles. The van der Waals surface area contributed by atoms with E-state index in [4.69, 9.17) is 4.74 Å². The Hall–Kier alpha value is -1.92. The molecule has 0 fully saturated rings. The fourth-order valence-electron chi connectivity index (χ4n) is 9.47. The third kappa shape index (κ3) is 55.2. The molecule has 0 aliphatic carbocycles. The first-order valence-electron chi connectivity index (χ1n) is 30.7. The van der Waals surface area contributed by atoms with Gasteiger partial charge in [0.1, 0.15) is 0 Å². The second-order valence-electron chi connectivity index (χ2n) is 21.0.